The van der Waals surface area contributed by atoms with Gasteiger partial charge in [0, 0.05) is 18.8 Å². The largest absolute Gasteiger partial charge is 0.467 e. The molecule has 0 spiro atoms. The topological polar surface area (TPSA) is 65.6 Å². The highest BCUT2D eigenvalue weighted by molar-refractivity contribution is 7.98. The summed E-state index contributed by atoms with van der Waals surface area (Å²) in [6.07, 6.45) is 5.34. The van der Waals surface area contributed by atoms with Crippen molar-refractivity contribution in [2.75, 3.05) is 24.8 Å². The molecule has 0 radical (unpaired) electrons. The Balaban J connectivity index is 1.39. The third-order valence-corrected chi connectivity index (χ3v) is 6.40. The normalized spacial score (nSPS) is 15.8. The quantitative estimate of drug-likeness (QED) is 0.528. The zero-order chi connectivity index (χ0) is 19.6. The number of benzene rings is 1. The van der Waals surface area contributed by atoms with Crippen molar-refractivity contribution in [3.05, 3.63) is 46.9 Å². The zero-order valence-electron chi connectivity index (χ0n) is 15.8. The van der Waals surface area contributed by atoms with Crippen LogP contribution in [0.15, 0.2) is 40.1 Å². The highest BCUT2D eigenvalue weighted by atomic mass is 35.5. The number of thioether (sulfide) groups is 1. The maximum absolute atomic E-state index is 6.32. The fourth-order valence-corrected chi connectivity index (χ4v) is 4.82. The van der Waals surface area contributed by atoms with Crippen molar-refractivity contribution in [3.63, 3.8) is 0 Å². The Hall–Kier alpha value is -2.32. The summed E-state index contributed by atoms with van der Waals surface area (Å²) in [6.45, 7) is 2.84. The van der Waals surface area contributed by atoms with Crippen molar-refractivity contribution in [1.82, 2.24) is 14.8 Å². The lowest BCUT2D eigenvalue weighted by Gasteiger charge is -2.27. The second-order valence-electron chi connectivity index (χ2n) is 7.10. The van der Waals surface area contributed by atoms with Gasteiger partial charge in [0.2, 0.25) is 12.7 Å². The van der Waals surface area contributed by atoms with Crippen LogP contribution in [0.4, 0.5) is 5.95 Å². The van der Waals surface area contributed by atoms with Gasteiger partial charge in [0.15, 0.2) is 16.7 Å². The van der Waals surface area contributed by atoms with Crippen LogP contribution in [-0.4, -0.2) is 34.6 Å². The summed E-state index contributed by atoms with van der Waals surface area (Å²) in [6, 6.07) is 7.77. The Labute approximate surface area is 177 Å². The summed E-state index contributed by atoms with van der Waals surface area (Å²) in [4.78, 5) is 2.32. The SMILES string of the molecule is Clc1cc(CSc2nnc(N3CCCCC3)n2Cc2ccco2)cc2c1OCO2. The average Bonchev–Trinajstić information content (AvgIpc) is 3.49. The summed E-state index contributed by atoms with van der Waals surface area (Å²) in [7, 11) is 0. The highest BCUT2D eigenvalue weighted by Crippen LogP contribution is 2.41. The van der Waals surface area contributed by atoms with Gasteiger partial charge in [-0.2, -0.15) is 0 Å². The van der Waals surface area contributed by atoms with E-state index in [0.717, 1.165) is 35.5 Å². The fourth-order valence-electron chi connectivity index (χ4n) is 3.66. The molecule has 2 aromatic heterocycles. The van der Waals surface area contributed by atoms with Crippen molar-refractivity contribution in [2.45, 2.75) is 36.7 Å². The molecule has 4 heterocycles. The number of hydrogen-bond donors (Lipinski definition) is 0. The van der Waals surface area contributed by atoms with E-state index in [1.165, 1.54) is 19.3 Å². The minimum Gasteiger partial charge on any atom is -0.467 e. The molecule has 0 atom stereocenters. The molecule has 1 fully saturated rings. The van der Waals surface area contributed by atoms with E-state index in [0.29, 0.717) is 28.8 Å². The molecule has 0 unspecified atom stereocenters. The van der Waals surface area contributed by atoms with E-state index in [1.54, 1.807) is 18.0 Å². The molecule has 29 heavy (non-hydrogen) atoms. The molecular weight excluding hydrogens is 412 g/mol. The molecule has 9 heteroatoms. The number of anilines is 1. The molecule has 152 valence electrons. The highest BCUT2D eigenvalue weighted by Gasteiger charge is 2.22. The summed E-state index contributed by atoms with van der Waals surface area (Å²) >= 11 is 7.95. The lowest BCUT2D eigenvalue weighted by Crippen LogP contribution is -2.32. The lowest BCUT2D eigenvalue weighted by molar-refractivity contribution is 0.174. The molecule has 7 nitrogen and oxygen atoms in total. The predicted molar refractivity (Wildman–Crippen MR) is 111 cm³/mol. The van der Waals surface area contributed by atoms with Crippen molar-refractivity contribution in [3.8, 4) is 11.5 Å². The maximum atomic E-state index is 6.32. The van der Waals surface area contributed by atoms with Crippen molar-refractivity contribution < 1.29 is 13.9 Å². The first-order valence-corrected chi connectivity index (χ1v) is 11.1. The summed E-state index contributed by atoms with van der Waals surface area (Å²) in [5.41, 5.74) is 1.05. The van der Waals surface area contributed by atoms with Crippen LogP contribution in [0.25, 0.3) is 0 Å². The van der Waals surface area contributed by atoms with Gasteiger partial charge in [-0.25, -0.2) is 0 Å². The van der Waals surface area contributed by atoms with E-state index in [2.05, 4.69) is 19.7 Å². The van der Waals surface area contributed by atoms with E-state index in [9.17, 15) is 0 Å². The standard InChI is InChI=1S/C20H21ClN4O3S/c21-16-9-14(10-17-18(16)28-13-27-17)12-29-20-23-22-19(24-6-2-1-3-7-24)25(20)11-15-5-4-8-26-15/h4-5,8-10H,1-3,6-7,11-13H2. The van der Waals surface area contributed by atoms with Crippen LogP contribution in [0.1, 0.15) is 30.6 Å². The maximum Gasteiger partial charge on any atom is 0.231 e. The molecule has 1 saturated heterocycles. The molecule has 5 rings (SSSR count). The van der Waals surface area contributed by atoms with Crippen LogP contribution < -0.4 is 14.4 Å². The molecule has 0 aliphatic carbocycles. The van der Waals surface area contributed by atoms with Gasteiger partial charge in [-0.05, 0) is 49.1 Å². The van der Waals surface area contributed by atoms with Crippen LogP contribution in [0.5, 0.6) is 11.5 Å². The van der Waals surface area contributed by atoms with Gasteiger partial charge >= 0.3 is 0 Å². The average molecular weight is 433 g/mol. The number of furan rings is 1. The van der Waals surface area contributed by atoms with Crippen molar-refractivity contribution >= 4 is 29.3 Å². The third-order valence-electron chi connectivity index (χ3n) is 5.09. The van der Waals surface area contributed by atoms with Crippen LogP contribution in [-0.2, 0) is 12.3 Å². The van der Waals surface area contributed by atoms with Gasteiger partial charge in [0.1, 0.15) is 5.76 Å². The second-order valence-corrected chi connectivity index (χ2v) is 8.45. The number of aromatic nitrogens is 3. The number of piperidine rings is 1. The van der Waals surface area contributed by atoms with Gasteiger partial charge < -0.3 is 18.8 Å². The zero-order valence-corrected chi connectivity index (χ0v) is 17.4. The van der Waals surface area contributed by atoms with E-state index in [4.69, 9.17) is 25.5 Å². The van der Waals surface area contributed by atoms with Gasteiger partial charge in [-0.15, -0.1) is 10.2 Å². The Morgan fingerprint density at radius 2 is 2.00 bits per heavy atom. The van der Waals surface area contributed by atoms with Gasteiger partial charge in [0.25, 0.3) is 0 Å². The summed E-state index contributed by atoms with van der Waals surface area (Å²) in [5.74, 6) is 3.81. The molecule has 0 amide bonds. The van der Waals surface area contributed by atoms with Gasteiger partial charge in [-0.1, -0.05) is 23.4 Å². The first-order valence-electron chi connectivity index (χ1n) is 9.69. The van der Waals surface area contributed by atoms with E-state index in [1.807, 2.05) is 24.3 Å². The Kier molecular flexibility index (Phi) is 5.28. The van der Waals surface area contributed by atoms with Crippen LogP contribution in [0, 0.1) is 0 Å². The molecule has 3 aromatic rings. The Bertz CT molecular complexity index is 986. The fraction of sp³-hybridized carbons (Fsp3) is 0.400. The predicted octanol–water partition coefficient (Wildman–Crippen LogP) is 4.58. The molecule has 1 aromatic carbocycles. The minimum absolute atomic E-state index is 0.211. The first kappa shape index (κ1) is 18.7. The molecule has 2 aliphatic rings. The van der Waals surface area contributed by atoms with Crippen molar-refractivity contribution in [1.29, 1.82) is 0 Å². The van der Waals surface area contributed by atoms with Gasteiger partial charge in [-0.3, -0.25) is 4.57 Å². The molecular formula is C20H21ClN4O3S. The van der Waals surface area contributed by atoms with E-state index >= 15 is 0 Å². The number of rotatable bonds is 6. The van der Waals surface area contributed by atoms with Crippen LogP contribution in [0.3, 0.4) is 0 Å². The number of ether oxygens (including phenoxy) is 2. The molecule has 0 saturated carbocycles. The van der Waals surface area contributed by atoms with E-state index < -0.39 is 0 Å². The van der Waals surface area contributed by atoms with E-state index in [-0.39, 0.29) is 6.79 Å². The summed E-state index contributed by atoms with van der Waals surface area (Å²) < 4.78 is 18.6. The third kappa shape index (κ3) is 3.91. The van der Waals surface area contributed by atoms with Crippen LogP contribution in [0.2, 0.25) is 5.02 Å². The number of fused-ring (bicyclic) bond motifs is 1. The number of halogens is 1. The Morgan fingerprint density at radius 3 is 2.83 bits per heavy atom. The number of hydrogen-bond acceptors (Lipinski definition) is 7. The van der Waals surface area contributed by atoms with Gasteiger partial charge in [0.05, 0.1) is 17.8 Å². The monoisotopic (exact) mass is 432 g/mol. The minimum atomic E-state index is 0.211. The second kappa shape index (κ2) is 8.20. The summed E-state index contributed by atoms with van der Waals surface area (Å²) in [5, 5.41) is 10.4. The van der Waals surface area contributed by atoms with Crippen LogP contribution >= 0.6 is 23.4 Å². The van der Waals surface area contributed by atoms with Crippen molar-refractivity contribution in [2.24, 2.45) is 0 Å². The first-order chi connectivity index (χ1) is 14.3. The smallest absolute Gasteiger partial charge is 0.231 e. The lowest BCUT2D eigenvalue weighted by atomic mass is 10.1. The molecule has 0 bridgehead atoms. The Morgan fingerprint density at radius 1 is 1.10 bits per heavy atom. The number of nitrogens with zero attached hydrogens (tertiary/aromatic N) is 4. The molecule has 2 aliphatic heterocycles. The molecule has 0 N–H and O–H groups in total.